The Hall–Kier alpha value is -3.95. The summed E-state index contributed by atoms with van der Waals surface area (Å²) in [5, 5.41) is 18.3. The summed E-state index contributed by atoms with van der Waals surface area (Å²) < 4.78 is 12.1. The van der Waals surface area contributed by atoms with Crippen LogP contribution in [0, 0.1) is 10.1 Å². The van der Waals surface area contributed by atoms with Gasteiger partial charge in [-0.2, -0.15) is 10.1 Å². The summed E-state index contributed by atoms with van der Waals surface area (Å²) in [6.07, 6.45) is 1.32. The minimum atomic E-state index is -0.873. The SMILES string of the molecule is CCOC(=O)C1=C(c2ccccc2)Nc2ncnn2[C@@H]1c1ccc([N+](=O)[O-])o1. The van der Waals surface area contributed by atoms with Gasteiger partial charge in [-0.25, -0.2) is 9.48 Å². The first-order chi connectivity index (χ1) is 13.6. The van der Waals surface area contributed by atoms with Crippen LogP contribution in [0.5, 0.6) is 0 Å². The first-order valence-corrected chi connectivity index (χ1v) is 8.47. The van der Waals surface area contributed by atoms with Gasteiger partial charge in [0.25, 0.3) is 0 Å². The summed E-state index contributed by atoms with van der Waals surface area (Å²) in [5.41, 5.74) is 1.42. The quantitative estimate of drug-likeness (QED) is 0.406. The maximum absolute atomic E-state index is 12.9. The number of ether oxygens (including phenoxy) is 1. The third-order valence-corrected chi connectivity index (χ3v) is 4.22. The molecule has 0 saturated heterocycles. The summed E-state index contributed by atoms with van der Waals surface area (Å²) in [6.45, 7) is 1.87. The van der Waals surface area contributed by atoms with Gasteiger partial charge in [-0.3, -0.25) is 10.1 Å². The Morgan fingerprint density at radius 3 is 2.79 bits per heavy atom. The minimum absolute atomic E-state index is 0.166. The Morgan fingerprint density at radius 2 is 2.11 bits per heavy atom. The fourth-order valence-electron chi connectivity index (χ4n) is 3.07. The molecule has 142 valence electrons. The van der Waals surface area contributed by atoms with Crippen LogP contribution < -0.4 is 5.32 Å². The van der Waals surface area contributed by atoms with Crippen molar-refractivity contribution in [3.8, 4) is 0 Å². The second kappa shape index (κ2) is 6.99. The molecule has 4 rings (SSSR count). The van der Waals surface area contributed by atoms with Crippen molar-refractivity contribution in [2.75, 3.05) is 11.9 Å². The van der Waals surface area contributed by atoms with Crippen LogP contribution in [0.15, 0.2) is 58.8 Å². The summed E-state index contributed by atoms with van der Waals surface area (Å²) >= 11 is 0. The number of hydrogen-bond acceptors (Lipinski definition) is 8. The van der Waals surface area contributed by atoms with Crippen LogP contribution in [0.4, 0.5) is 11.8 Å². The van der Waals surface area contributed by atoms with Crippen LogP contribution in [-0.4, -0.2) is 32.3 Å². The number of aromatic nitrogens is 3. The van der Waals surface area contributed by atoms with Gasteiger partial charge >= 0.3 is 11.9 Å². The third-order valence-electron chi connectivity index (χ3n) is 4.22. The molecule has 10 heteroatoms. The minimum Gasteiger partial charge on any atom is -0.463 e. The lowest BCUT2D eigenvalue weighted by Crippen LogP contribution is -2.29. The first-order valence-electron chi connectivity index (χ1n) is 8.47. The van der Waals surface area contributed by atoms with E-state index in [9.17, 15) is 14.9 Å². The topological polar surface area (TPSA) is 125 Å². The van der Waals surface area contributed by atoms with Crippen molar-refractivity contribution in [3.05, 3.63) is 75.8 Å². The highest BCUT2D eigenvalue weighted by Crippen LogP contribution is 2.40. The molecule has 1 atom stereocenters. The van der Waals surface area contributed by atoms with E-state index in [0.717, 1.165) is 5.56 Å². The van der Waals surface area contributed by atoms with E-state index >= 15 is 0 Å². The molecule has 28 heavy (non-hydrogen) atoms. The van der Waals surface area contributed by atoms with E-state index in [1.165, 1.54) is 23.1 Å². The Morgan fingerprint density at radius 1 is 1.32 bits per heavy atom. The number of nitrogens with zero attached hydrogens (tertiary/aromatic N) is 4. The van der Waals surface area contributed by atoms with Crippen molar-refractivity contribution < 1.29 is 18.9 Å². The van der Waals surface area contributed by atoms with E-state index < -0.39 is 22.8 Å². The van der Waals surface area contributed by atoms with Gasteiger partial charge in [0.2, 0.25) is 5.95 Å². The summed E-state index contributed by atoms with van der Waals surface area (Å²) in [4.78, 5) is 27.5. The molecule has 3 heterocycles. The van der Waals surface area contributed by atoms with Crippen molar-refractivity contribution >= 4 is 23.5 Å². The van der Waals surface area contributed by atoms with Crippen molar-refractivity contribution in [1.82, 2.24) is 14.8 Å². The molecule has 2 aromatic heterocycles. The van der Waals surface area contributed by atoms with Crippen molar-refractivity contribution in [3.63, 3.8) is 0 Å². The fraction of sp³-hybridized carbons (Fsp3) is 0.167. The Bertz CT molecular complexity index is 1070. The highest BCUT2D eigenvalue weighted by molar-refractivity contribution is 6.02. The van der Waals surface area contributed by atoms with Crippen molar-refractivity contribution in [2.24, 2.45) is 0 Å². The number of esters is 1. The number of nitrogens with one attached hydrogen (secondary N) is 1. The monoisotopic (exact) mass is 381 g/mol. The molecule has 0 unspecified atom stereocenters. The third kappa shape index (κ3) is 2.90. The van der Waals surface area contributed by atoms with Crippen molar-refractivity contribution in [1.29, 1.82) is 0 Å². The van der Waals surface area contributed by atoms with Gasteiger partial charge in [0, 0.05) is 0 Å². The second-order valence-electron chi connectivity index (χ2n) is 5.86. The maximum Gasteiger partial charge on any atom is 0.433 e. The highest BCUT2D eigenvalue weighted by atomic mass is 16.6. The standard InChI is InChI=1S/C18H15N5O5/c1-2-27-17(24)14-15(11-6-4-3-5-7-11)21-18-19-10-20-22(18)16(14)12-8-9-13(28-12)23(25)26/h3-10,16H,2H2,1H3,(H,19,20,21)/t16-/m1/s1. The summed E-state index contributed by atoms with van der Waals surface area (Å²) in [5.74, 6) is -0.467. The summed E-state index contributed by atoms with van der Waals surface area (Å²) in [6, 6.07) is 11.0. The van der Waals surface area contributed by atoms with E-state index in [1.54, 1.807) is 6.92 Å². The van der Waals surface area contributed by atoms with E-state index in [4.69, 9.17) is 9.15 Å². The molecular formula is C18H15N5O5. The van der Waals surface area contributed by atoms with Crippen LogP contribution in [0.25, 0.3) is 5.70 Å². The number of furan rings is 1. The van der Waals surface area contributed by atoms with Crippen molar-refractivity contribution in [2.45, 2.75) is 13.0 Å². The molecule has 10 nitrogen and oxygen atoms in total. The molecule has 1 aromatic carbocycles. The Kier molecular flexibility index (Phi) is 4.36. The molecular weight excluding hydrogens is 366 g/mol. The van der Waals surface area contributed by atoms with Gasteiger partial charge in [0.15, 0.2) is 0 Å². The molecule has 1 N–H and O–H groups in total. The van der Waals surface area contributed by atoms with E-state index in [0.29, 0.717) is 11.6 Å². The molecule has 0 aliphatic carbocycles. The van der Waals surface area contributed by atoms with Gasteiger partial charge in [-0.1, -0.05) is 30.3 Å². The number of nitro groups is 1. The number of rotatable bonds is 5. The number of carbonyl (C=O) groups excluding carboxylic acids is 1. The molecule has 1 aliphatic heterocycles. The lowest BCUT2D eigenvalue weighted by Gasteiger charge is -2.27. The molecule has 0 bridgehead atoms. The van der Waals surface area contributed by atoms with E-state index in [-0.39, 0.29) is 17.9 Å². The van der Waals surface area contributed by atoms with Gasteiger partial charge in [-0.05, 0) is 18.6 Å². The van der Waals surface area contributed by atoms with Gasteiger partial charge < -0.3 is 14.5 Å². The molecule has 0 radical (unpaired) electrons. The number of benzene rings is 1. The van der Waals surface area contributed by atoms with Gasteiger partial charge in [-0.15, -0.1) is 0 Å². The largest absolute Gasteiger partial charge is 0.463 e. The Labute approximate surface area is 158 Å². The normalized spacial score (nSPS) is 15.7. The zero-order chi connectivity index (χ0) is 19.7. The lowest BCUT2D eigenvalue weighted by molar-refractivity contribution is -0.402. The van der Waals surface area contributed by atoms with E-state index in [2.05, 4.69) is 15.4 Å². The average molecular weight is 381 g/mol. The predicted octanol–water partition coefficient (Wildman–Crippen LogP) is 2.77. The molecule has 0 spiro atoms. The average Bonchev–Trinajstić information content (AvgIpc) is 3.37. The first kappa shape index (κ1) is 17.5. The highest BCUT2D eigenvalue weighted by Gasteiger charge is 2.38. The Balaban J connectivity index is 1.94. The van der Waals surface area contributed by atoms with Crippen LogP contribution in [0.3, 0.4) is 0 Å². The predicted molar refractivity (Wildman–Crippen MR) is 97.1 cm³/mol. The molecule has 1 aliphatic rings. The van der Waals surface area contributed by atoms with Crippen LogP contribution in [-0.2, 0) is 9.53 Å². The molecule has 3 aromatic rings. The molecule has 0 amide bonds. The second-order valence-corrected chi connectivity index (χ2v) is 5.86. The van der Waals surface area contributed by atoms with E-state index in [1.807, 2.05) is 30.3 Å². The van der Waals surface area contributed by atoms with Gasteiger partial charge in [0.05, 0.1) is 23.9 Å². The molecule has 0 saturated carbocycles. The van der Waals surface area contributed by atoms with Crippen LogP contribution >= 0.6 is 0 Å². The number of fused-ring (bicyclic) bond motifs is 1. The molecule has 0 fully saturated rings. The maximum atomic E-state index is 12.9. The number of anilines is 1. The number of hydrogen-bond donors (Lipinski definition) is 1. The van der Waals surface area contributed by atoms with Crippen LogP contribution in [0.2, 0.25) is 0 Å². The summed E-state index contributed by atoms with van der Waals surface area (Å²) in [7, 11) is 0. The number of carbonyl (C=O) groups is 1. The zero-order valence-electron chi connectivity index (χ0n) is 14.7. The lowest BCUT2D eigenvalue weighted by atomic mass is 9.96. The van der Waals surface area contributed by atoms with Gasteiger partial charge in [0.1, 0.15) is 23.1 Å². The zero-order valence-corrected chi connectivity index (χ0v) is 14.7. The smallest absolute Gasteiger partial charge is 0.433 e. The van der Waals surface area contributed by atoms with Crippen LogP contribution in [0.1, 0.15) is 24.3 Å². The fourth-order valence-corrected chi connectivity index (χ4v) is 3.07.